The van der Waals surface area contributed by atoms with Gasteiger partial charge in [0.2, 0.25) is 0 Å². The molecule has 0 bridgehead atoms. The molecule has 0 spiro atoms. The van der Waals surface area contributed by atoms with Crippen LogP contribution in [0.15, 0.2) is 24.3 Å². The highest BCUT2D eigenvalue weighted by Gasteiger charge is 2.36. The molecule has 1 aromatic carbocycles. The second-order valence-corrected chi connectivity index (χ2v) is 5.29. The van der Waals surface area contributed by atoms with Crippen molar-refractivity contribution in [2.24, 2.45) is 0 Å². The first-order valence-electron chi connectivity index (χ1n) is 5.72. The minimum absolute atomic E-state index is 0.135. The normalized spacial score (nSPS) is 17.6. The van der Waals surface area contributed by atoms with E-state index in [9.17, 15) is 20.1 Å². The van der Waals surface area contributed by atoms with Crippen molar-refractivity contribution in [3.8, 4) is 0 Å². The van der Waals surface area contributed by atoms with Gasteiger partial charge in [0, 0.05) is 0 Å². The van der Waals surface area contributed by atoms with Crippen molar-refractivity contribution >= 4 is 27.5 Å². The maximum atomic E-state index is 10.5. The average molecular weight is 299 g/mol. The molecule has 0 aliphatic carbocycles. The molecule has 2 rings (SSSR count). The van der Waals surface area contributed by atoms with Crippen molar-refractivity contribution in [3.63, 3.8) is 0 Å². The van der Waals surface area contributed by atoms with Crippen molar-refractivity contribution in [2.75, 3.05) is 0 Å². The second-order valence-electron chi connectivity index (χ2n) is 4.23. The summed E-state index contributed by atoms with van der Waals surface area (Å²) in [6, 6.07) is 7.04. The summed E-state index contributed by atoms with van der Waals surface area (Å²) >= 11 is 1.11. The van der Waals surface area contributed by atoms with Crippen molar-refractivity contribution in [2.45, 2.75) is 24.4 Å². The zero-order valence-corrected chi connectivity index (χ0v) is 10.9. The Morgan fingerprint density at radius 1 is 1.10 bits per heavy atom. The molecule has 0 unspecified atom stereocenters. The molecule has 0 aliphatic rings. The third kappa shape index (κ3) is 2.79. The Morgan fingerprint density at radius 2 is 1.75 bits per heavy atom. The molecule has 7 nitrogen and oxygen atoms in total. The van der Waals surface area contributed by atoms with Crippen LogP contribution < -0.4 is 0 Å². The van der Waals surface area contributed by atoms with Gasteiger partial charge in [-0.05, 0) is 12.1 Å². The number of hydrogen-bond acceptors (Lipinski definition) is 7. The van der Waals surface area contributed by atoms with Gasteiger partial charge in [-0.2, -0.15) is 0 Å². The molecule has 2 aromatic rings. The van der Waals surface area contributed by atoms with Gasteiger partial charge in [0.15, 0.2) is 6.10 Å². The minimum Gasteiger partial charge on any atom is -0.479 e. The van der Waals surface area contributed by atoms with Crippen LogP contribution in [0.5, 0.6) is 0 Å². The number of hydrogen-bond donors (Lipinski definition) is 5. The number of aliphatic carboxylic acids is 1. The molecule has 4 atom stereocenters. The lowest BCUT2D eigenvalue weighted by Crippen LogP contribution is -2.44. The van der Waals surface area contributed by atoms with E-state index >= 15 is 0 Å². The predicted octanol–water partition coefficient (Wildman–Crippen LogP) is -0.503. The molecular weight excluding hydrogens is 286 g/mol. The van der Waals surface area contributed by atoms with Crippen molar-refractivity contribution in [1.29, 1.82) is 0 Å². The monoisotopic (exact) mass is 299 g/mol. The number of aliphatic hydroxyl groups excluding tert-OH is 4. The van der Waals surface area contributed by atoms with E-state index in [0.29, 0.717) is 5.52 Å². The molecule has 0 radical (unpaired) electrons. The van der Waals surface area contributed by atoms with Gasteiger partial charge in [0.1, 0.15) is 23.3 Å². The van der Waals surface area contributed by atoms with Crippen molar-refractivity contribution in [1.82, 2.24) is 4.98 Å². The van der Waals surface area contributed by atoms with Crippen molar-refractivity contribution in [3.05, 3.63) is 29.3 Å². The number of benzene rings is 1. The fourth-order valence-corrected chi connectivity index (χ4v) is 2.68. The van der Waals surface area contributed by atoms with E-state index in [1.165, 1.54) is 0 Å². The molecule has 20 heavy (non-hydrogen) atoms. The lowest BCUT2D eigenvalue weighted by molar-refractivity contribution is -0.163. The van der Waals surface area contributed by atoms with E-state index in [1.807, 2.05) is 0 Å². The maximum absolute atomic E-state index is 10.5. The quantitative estimate of drug-likeness (QED) is 0.503. The van der Waals surface area contributed by atoms with Gasteiger partial charge < -0.3 is 25.5 Å². The fraction of sp³-hybridized carbons (Fsp3) is 0.333. The van der Waals surface area contributed by atoms with Crippen molar-refractivity contribution < 1.29 is 30.3 Å². The summed E-state index contributed by atoms with van der Waals surface area (Å²) < 4.78 is 0.780. The van der Waals surface area contributed by atoms with Gasteiger partial charge >= 0.3 is 5.97 Å². The van der Waals surface area contributed by atoms with Crippen LogP contribution in [0.1, 0.15) is 11.1 Å². The molecule has 0 fully saturated rings. The highest BCUT2D eigenvalue weighted by atomic mass is 32.1. The Morgan fingerprint density at radius 3 is 2.35 bits per heavy atom. The number of carboxylic acids is 1. The molecule has 0 amide bonds. The van der Waals surface area contributed by atoms with E-state index in [1.54, 1.807) is 24.3 Å². The first-order valence-corrected chi connectivity index (χ1v) is 6.54. The van der Waals surface area contributed by atoms with Gasteiger partial charge in [-0.3, -0.25) is 0 Å². The summed E-state index contributed by atoms with van der Waals surface area (Å²) in [6.45, 7) is 0. The van der Waals surface area contributed by atoms with E-state index in [4.69, 9.17) is 10.2 Å². The standard InChI is InChI=1S/C12H13NO6S/c14-7(8(15)10(17)12(18)19)9(16)11-13-5-3-1-2-4-6(5)20-11/h1-4,7-10,14-17H,(H,18,19)/t7-,8+,9+,10+/m1/s1. The topological polar surface area (TPSA) is 131 Å². The third-order valence-electron chi connectivity index (χ3n) is 2.81. The van der Waals surface area contributed by atoms with Crippen LogP contribution in [0.3, 0.4) is 0 Å². The van der Waals surface area contributed by atoms with Gasteiger partial charge in [-0.1, -0.05) is 12.1 Å². The van der Waals surface area contributed by atoms with E-state index < -0.39 is 30.4 Å². The Hall–Kier alpha value is -1.58. The van der Waals surface area contributed by atoms with E-state index in [0.717, 1.165) is 16.0 Å². The lowest BCUT2D eigenvalue weighted by Gasteiger charge is -2.23. The predicted molar refractivity (Wildman–Crippen MR) is 70.2 cm³/mol. The van der Waals surface area contributed by atoms with E-state index in [-0.39, 0.29) is 5.01 Å². The fourth-order valence-electron chi connectivity index (χ4n) is 1.68. The number of nitrogens with zero attached hydrogens (tertiary/aromatic N) is 1. The Bertz CT molecular complexity index is 582. The summed E-state index contributed by atoms with van der Waals surface area (Å²) in [4.78, 5) is 14.6. The number of para-hydroxylation sites is 1. The van der Waals surface area contributed by atoms with Crippen LogP contribution in [-0.2, 0) is 4.79 Å². The molecular formula is C12H13NO6S. The van der Waals surface area contributed by atoms with Gasteiger partial charge in [-0.15, -0.1) is 11.3 Å². The number of aliphatic hydroxyl groups is 4. The van der Waals surface area contributed by atoms with Crippen LogP contribution in [0.25, 0.3) is 10.2 Å². The number of aromatic nitrogens is 1. The lowest BCUT2D eigenvalue weighted by atomic mass is 10.0. The highest BCUT2D eigenvalue weighted by Crippen LogP contribution is 2.29. The van der Waals surface area contributed by atoms with Gasteiger partial charge in [0.25, 0.3) is 0 Å². The molecule has 1 aromatic heterocycles. The molecule has 108 valence electrons. The second kappa shape index (κ2) is 5.81. The Kier molecular flexibility index (Phi) is 4.31. The maximum Gasteiger partial charge on any atom is 0.335 e. The minimum atomic E-state index is -2.19. The number of carboxylic acid groups (broad SMARTS) is 1. The Labute approximate surface area is 117 Å². The largest absolute Gasteiger partial charge is 0.479 e. The average Bonchev–Trinajstić information content (AvgIpc) is 2.87. The SMILES string of the molecule is O=C(O)[C@@H](O)[C@@H](O)[C@@H](O)[C@H](O)c1nc2ccccc2s1. The van der Waals surface area contributed by atoms with E-state index in [2.05, 4.69) is 4.98 Å². The smallest absolute Gasteiger partial charge is 0.335 e. The number of carbonyl (C=O) groups is 1. The van der Waals surface area contributed by atoms with Crippen LogP contribution in [0.4, 0.5) is 0 Å². The third-order valence-corrected chi connectivity index (χ3v) is 3.92. The summed E-state index contributed by atoms with van der Waals surface area (Å²) in [7, 11) is 0. The summed E-state index contributed by atoms with van der Waals surface area (Å²) in [6.07, 6.45) is -7.65. The van der Waals surface area contributed by atoms with Gasteiger partial charge in [0.05, 0.1) is 10.2 Å². The van der Waals surface area contributed by atoms with Crippen LogP contribution in [0, 0.1) is 0 Å². The number of fused-ring (bicyclic) bond motifs is 1. The molecule has 0 saturated heterocycles. The molecule has 1 heterocycles. The van der Waals surface area contributed by atoms with Gasteiger partial charge in [-0.25, -0.2) is 9.78 Å². The molecule has 8 heteroatoms. The van der Waals surface area contributed by atoms with Crippen LogP contribution >= 0.6 is 11.3 Å². The zero-order valence-electron chi connectivity index (χ0n) is 10.1. The zero-order chi connectivity index (χ0) is 14.9. The van der Waals surface area contributed by atoms with Crippen LogP contribution in [0.2, 0.25) is 0 Å². The number of rotatable bonds is 5. The molecule has 0 aliphatic heterocycles. The molecule has 5 N–H and O–H groups in total. The summed E-state index contributed by atoms with van der Waals surface area (Å²) in [5, 5.41) is 47.0. The highest BCUT2D eigenvalue weighted by molar-refractivity contribution is 7.18. The van der Waals surface area contributed by atoms with Crippen LogP contribution in [-0.4, -0.2) is 54.8 Å². The Balaban J connectivity index is 2.21. The summed E-state index contributed by atoms with van der Waals surface area (Å²) in [5.41, 5.74) is 0.618. The first kappa shape index (κ1) is 14.8. The summed E-state index contributed by atoms with van der Waals surface area (Å²) in [5.74, 6) is -1.69. The first-order chi connectivity index (χ1) is 9.41. The number of thiazole rings is 1. The molecule has 0 saturated carbocycles.